The van der Waals surface area contributed by atoms with Crippen molar-refractivity contribution in [3.63, 3.8) is 0 Å². The SMILES string of the molecule is O=C(c1ccccc1O)n1c(Cc2ccccc2)nc2ccccc21. The third kappa shape index (κ3) is 2.78. The molecule has 122 valence electrons. The highest BCUT2D eigenvalue weighted by Gasteiger charge is 2.20. The molecule has 1 heterocycles. The molecular formula is C21H16N2O2. The molecule has 4 heteroatoms. The molecule has 0 unspecified atom stereocenters. The topological polar surface area (TPSA) is 55.1 Å². The summed E-state index contributed by atoms with van der Waals surface area (Å²) in [5, 5.41) is 10.1. The van der Waals surface area contributed by atoms with Gasteiger partial charge in [-0.2, -0.15) is 0 Å². The Balaban J connectivity index is 1.88. The predicted octanol–water partition coefficient (Wildman–Crippen LogP) is 4.02. The minimum Gasteiger partial charge on any atom is -0.507 e. The molecule has 0 saturated carbocycles. The molecule has 0 aliphatic rings. The van der Waals surface area contributed by atoms with Crippen molar-refractivity contribution >= 4 is 16.9 Å². The second-order valence-electron chi connectivity index (χ2n) is 5.84. The van der Waals surface area contributed by atoms with Crippen LogP contribution in [0.4, 0.5) is 0 Å². The second kappa shape index (κ2) is 6.24. The molecule has 0 amide bonds. The van der Waals surface area contributed by atoms with Gasteiger partial charge >= 0.3 is 0 Å². The lowest BCUT2D eigenvalue weighted by Gasteiger charge is -2.09. The molecule has 0 radical (unpaired) electrons. The summed E-state index contributed by atoms with van der Waals surface area (Å²) in [6.07, 6.45) is 0.537. The van der Waals surface area contributed by atoms with Gasteiger partial charge in [0.1, 0.15) is 11.6 Å². The highest BCUT2D eigenvalue weighted by molar-refractivity contribution is 6.03. The van der Waals surface area contributed by atoms with Crippen molar-refractivity contribution in [2.24, 2.45) is 0 Å². The Labute approximate surface area is 145 Å². The highest BCUT2D eigenvalue weighted by atomic mass is 16.3. The van der Waals surface area contributed by atoms with Gasteiger partial charge in [0.2, 0.25) is 0 Å². The Bertz CT molecular complexity index is 1050. The number of carbonyl (C=O) groups excluding carboxylic acids is 1. The molecular weight excluding hydrogens is 312 g/mol. The summed E-state index contributed by atoms with van der Waals surface area (Å²) >= 11 is 0. The van der Waals surface area contributed by atoms with E-state index in [0.29, 0.717) is 12.2 Å². The van der Waals surface area contributed by atoms with E-state index in [1.807, 2.05) is 54.6 Å². The lowest BCUT2D eigenvalue weighted by molar-refractivity contribution is 0.0959. The van der Waals surface area contributed by atoms with Gasteiger partial charge in [-0.25, -0.2) is 4.98 Å². The summed E-state index contributed by atoms with van der Waals surface area (Å²) in [5.74, 6) is 0.342. The Hall–Kier alpha value is -3.40. The average molecular weight is 328 g/mol. The van der Waals surface area contributed by atoms with Crippen molar-refractivity contribution in [2.75, 3.05) is 0 Å². The number of phenolic OH excluding ortho intramolecular Hbond substituents is 1. The number of rotatable bonds is 3. The van der Waals surface area contributed by atoms with E-state index in [4.69, 9.17) is 0 Å². The standard InChI is InChI=1S/C21H16N2O2/c24-19-13-7-4-10-16(19)21(25)23-18-12-6-5-11-17(18)22-20(23)14-15-8-2-1-3-9-15/h1-13,24H,14H2. The first-order chi connectivity index (χ1) is 12.2. The quantitative estimate of drug-likeness (QED) is 0.618. The third-order valence-corrected chi connectivity index (χ3v) is 4.17. The number of hydrogen-bond donors (Lipinski definition) is 1. The number of nitrogens with zero attached hydrogens (tertiary/aromatic N) is 2. The van der Waals surface area contributed by atoms with Gasteiger partial charge in [0.05, 0.1) is 16.6 Å². The first-order valence-electron chi connectivity index (χ1n) is 8.07. The highest BCUT2D eigenvalue weighted by Crippen LogP contribution is 2.23. The van der Waals surface area contributed by atoms with Crippen LogP contribution in [0.5, 0.6) is 5.75 Å². The number of aromatic nitrogens is 2. The van der Waals surface area contributed by atoms with Crippen LogP contribution >= 0.6 is 0 Å². The van der Waals surface area contributed by atoms with Crippen molar-refractivity contribution in [3.05, 3.63) is 95.8 Å². The summed E-state index contributed by atoms with van der Waals surface area (Å²) in [7, 11) is 0. The lowest BCUT2D eigenvalue weighted by Crippen LogP contribution is -2.15. The van der Waals surface area contributed by atoms with Gasteiger partial charge < -0.3 is 5.11 Å². The molecule has 0 bridgehead atoms. The molecule has 0 spiro atoms. The largest absolute Gasteiger partial charge is 0.507 e. The molecule has 25 heavy (non-hydrogen) atoms. The normalized spacial score (nSPS) is 10.9. The smallest absolute Gasteiger partial charge is 0.267 e. The average Bonchev–Trinajstić information content (AvgIpc) is 3.00. The molecule has 0 atom stereocenters. The fourth-order valence-electron chi connectivity index (χ4n) is 2.97. The lowest BCUT2D eigenvalue weighted by atomic mass is 10.1. The van der Waals surface area contributed by atoms with Gasteiger partial charge in [-0.05, 0) is 29.8 Å². The molecule has 4 aromatic rings. The van der Waals surface area contributed by atoms with Crippen LogP contribution in [0.3, 0.4) is 0 Å². The van der Waals surface area contributed by atoms with E-state index in [0.717, 1.165) is 16.6 Å². The van der Waals surface area contributed by atoms with Crippen LogP contribution in [0.25, 0.3) is 11.0 Å². The Kier molecular flexibility index (Phi) is 3.78. The van der Waals surface area contributed by atoms with Crippen molar-refractivity contribution in [2.45, 2.75) is 6.42 Å². The van der Waals surface area contributed by atoms with E-state index >= 15 is 0 Å². The van der Waals surface area contributed by atoms with Crippen molar-refractivity contribution in [3.8, 4) is 5.75 Å². The van der Waals surface area contributed by atoms with Crippen molar-refractivity contribution in [1.29, 1.82) is 0 Å². The first kappa shape index (κ1) is 15.1. The molecule has 0 aliphatic heterocycles. The van der Waals surface area contributed by atoms with E-state index < -0.39 is 0 Å². The maximum atomic E-state index is 13.1. The molecule has 4 rings (SSSR count). The van der Waals surface area contributed by atoms with Crippen LogP contribution in [0.15, 0.2) is 78.9 Å². The zero-order valence-corrected chi connectivity index (χ0v) is 13.5. The fraction of sp³-hybridized carbons (Fsp3) is 0.0476. The number of hydrogen-bond acceptors (Lipinski definition) is 3. The number of imidazole rings is 1. The minimum atomic E-state index is -0.280. The number of para-hydroxylation sites is 3. The van der Waals surface area contributed by atoms with E-state index in [2.05, 4.69) is 4.98 Å². The zero-order valence-electron chi connectivity index (χ0n) is 13.5. The van der Waals surface area contributed by atoms with Crippen molar-refractivity contribution < 1.29 is 9.90 Å². The van der Waals surface area contributed by atoms with E-state index in [-0.39, 0.29) is 17.2 Å². The molecule has 0 aliphatic carbocycles. The molecule has 4 nitrogen and oxygen atoms in total. The molecule has 1 aromatic heterocycles. The number of aromatic hydroxyl groups is 1. The summed E-state index contributed by atoms with van der Waals surface area (Å²) in [6.45, 7) is 0. The number of phenols is 1. The van der Waals surface area contributed by atoms with E-state index in [1.165, 1.54) is 6.07 Å². The molecule has 3 aromatic carbocycles. The van der Waals surface area contributed by atoms with E-state index in [1.54, 1.807) is 22.8 Å². The number of benzene rings is 3. The summed E-state index contributed by atoms with van der Waals surface area (Å²) in [5.41, 5.74) is 2.84. The van der Waals surface area contributed by atoms with Gasteiger partial charge in [0.25, 0.3) is 5.91 Å². The van der Waals surface area contributed by atoms with Crippen LogP contribution in [0, 0.1) is 0 Å². The molecule has 0 saturated heterocycles. The van der Waals surface area contributed by atoms with Gasteiger partial charge in [0.15, 0.2) is 0 Å². The first-order valence-corrected chi connectivity index (χ1v) is 8.07. The number of fused-ring (bicyclic) bond motifs is 1. The van der Waals surface area contributed by atoms with Crippen LogP contribution in [0.1, 0.15) is 21.7 Å². The Morgan fingerprint density at radius 3 is 2.36 bits per heavy atom. The Morgan fingerprint density at radius 1 is 0.880 bits per heavy atom. The fourth-order valence-corrected chi connectivity index (χ4v) is 2.97. The molecule has 0 fully saturated rings. The van der Waals surface area contributed by atoms with Crippen LogP contribution in [0.2, 0.25) is 0 Å². The summed E-state index contributed by atoms with van der Waals surface area (Å²) < 4.78 is 1.59. The molecule has 1 N–H and O–H groups in total. The zero-order chi connectivity index (χ0) is 17.2. The Morgan fingerprint density at radius 2 is 1.56 bits per heavy atom. The monoisotopic (exact) mass is 328 g/mol. The van der Waals surface area contributed by atoms with Gasteiger partial charge in [-0.1, -0.05) is 54.6 Å². The van der Waals surface area contributed by atoms with Gasteiger partial charge in [-0.15, -0.1) is 0 Å². The van der Waals surface area contributed by atoms with E-state index in [9.17, 15) is 9.90 Å². The van der Waals surface area contributed by atoms with Crippen LogP contribution in [-0.4, -0.2) is 20.6 Å². The minimum absolute atomic E-state index is 0.0315. The number of carbonyl (C=O) groups is 1. The van der Waals surface area contributed by atoms with Crippen LogP contribution in [-0.2, 0) is 6.42 Å². The third-order valence-electron chi connectivity index (χ3n) is 4.17. The maximum Gasteiger partial charge on any atom is 0.267 e. The van der Waals surface area contributed by atoms with Gasteiger partial charge in [-0.3, -0.25) is 9.36 Å². The van der Waals surface area contributed by atoms with Gasteiger partial charge in [0, 0.05) is 6.42 Å². The van der Waals surface area contributed by atoms with Crippen molar-refractivity contribution in [1.82, 2.24) is 9.55 Å². The predicted molar refractivity (Wildman–Crippen MR) is 96.8 cm³/mol. The summed E-state index contributed by atoms with van der Waals surface area (Å²) in [6, 6.07) is 24.0. The van der Waals surface area contributed by atoms with Crippen LogP contribution < -0.4 is 0 Å². The maximum absolute atomic E-state index is 13.1. The second-order valence-corrected chi connectivity index (χ2v) is 5.84. The summed E-state index contributed by atoms with van der Waals surface area (Å²) in [4.78, 5) is 17.8.